The molecule has 0 aliphatic carbocycles. The quantitative estimate of drug-likeness (QED) is 0.609. The van der Waals surface area contributed by atoms with Crippen LogP contribution in [0.3, 0.4) is 0 Å². The summed E-state index contributed by atoms with van der Waals surface area (Å²) in [6.45, 7) is 1.90. The molecule has 1 N–H and O–H groups in total. The van der Waals surface area contributed by atoms with Gasteiger partial charge in [-0.3, -0.25) is 14.9 Å². The van der Waals surface area contributed by atoms with Crippen molar-refractivity contribution in [3.05, 3.63) is 34.4 Å². The van der Waals surface area contributed by atoms with Gasteiger partial charge in [0.15, 0.2) is 0 Å². The van der Waals surface area contributed by atoms with Crippen molar-refractivity contribution in [2.75, 3.05) is 5.32 Å². The monoisotopic (exact) mass is 208 g/mol. The number of rotatable bonds is 4. The van der Waals surface area contributed by atoms with E-state index in [4.69, 9.17) is 0 Å². The molecule has 1 aromatic carbocycles. The van der Waals surface area contributed by atoms with Crippen LogP contribution in [-0.2, 0) is 4.79 Å². The van der Waals surface area contributed by atoms with Crippen LogP contribution in [0.1, 0.15) is 19.8 Å². The molecule has 1 aromatic rings. The van der Waals surface area contributed by atoms with Crippen LogP contribution in [0.5, 0.6) is 0 Å². The number of carbonyl (C=O) groups excluding carboxylic acids is 1. The highest BCUT2D eigenvalue weighted by Gasteiger charge is 2.07. The minimum Gasteiger partial charge on any atom is -0.326 e. The molecule has 0 aromatic heterocycles. The lowest BCUT2D eigenvalue weighted by atomic mass is 10.2. The Morgan fingerprint density at radius 2 is 2.27 bits per heavy atom. The van der Waals surface area contributed by atoms with Crippen molar-refractivity contribution in [1.29, 1.82) is 0 Å². The Balaban J connectivity index is 2.73. The molecule has 0 saturated carbocycles. The minimum atomic E-state index is -0.491. The Kier molecular flexibility index (Phi) is 3.79. The van der Waals surface area contributed by atoms with Crippen molar-refractivity contribution in [2.24, 2.45) is 0 Å². The molecule has 0 bridgehead atoms. The van der Waals surface area contributed by atoms with E-state index in [2.05, 4.69) is 5.32 Å². The average molecular weight is 208 g/mol. The van der Waals surface area contributed by atoms with Crippen LogP contribution in [0.15, 0.2) is 24.3 Å². The van der Waals surface area contributed by atoms with Crippen LogP contribution < -0.4 is 5.32 Å². The number of hydrogen-bond donors (Lipinski definition) is 1. The van der Waals surface area contributed by atoms with Gasteiger partial charge in [0, 0.05) is 24.2 Å². The highest BCUT2D eigenvalue weighted by Crippen LogP contribution is 2.17. The van der Waals surface area contributed by atoms with E-state index in [0.717, 1.165) is 6.42 Å². The number of nitrogens with one attached hydrogen (secondary N) is 1. The maximum atomic E-state index is 11.2. The highest BCUT2D eigenvalue weighted by molar-refractivity contribution is 5.90. The highest BCUT2D eigenvalue weighted by atomic mass is 16.6. The molecule has 0 aliphatic heterocycles. The maximum Gasteiger partial charge on any atom is 0.271 e. The number of nitrogens with zero attached hydrogens (tertiary/aromatic N) is 1. The Hall–Kier alpha value is -1.91. The summed E-state index contributed by atoms with van der Waals surface area (Å²) in [5.41, 5.74) is 0.437. The summed E-state index contributed by atoms with van der Waals surface area (Å²) < 4.78 is 0. The summed E-state index contributed by atoms with van der Waals surface area (Å²) >= 11 is 0. The number of amides is 1. The van der Waals surface area contributed by atoms with Crippen LogP contribution in [0, 0.1) is 10.1 Å². The van der Waals surface area contributed by atoms with E-state index in [0.29, 0.717) is 12.1 Å². The topological polar surface area (TPSA) is 72.2 Å². The zero-order valence-electron chi connectivity index (χ0n) is 8.40. The van der Waals surface area contributed by atoms with Gasteiger partial charge in [0.05, 0.1) is 4.92 Å². The fraction of sp³-hybridized carbons (Fsp3) is 0.300. The van der Waals surface area contributed by atoms with Gasteiger partial charge in [-0.05, 0) is 12.5 Å². The number of nitro groups is 1. The van der Waals surface area contributed by atoms with Gasteiger partial charge in [0.1, 0.15) is 0 Å². The van der Waals surface area contributed by atoms with Gasteiger partial charge >= 0.3 is 0 Å². The molecule has 0 unspecified atom stereocenters. The van der Waals surface area contributed by atoms with Gasteiger partial charge in [-0.15, -0.1) is 0 Å². The van der Waals surface area contributed by atoms with Crippen LogP contribution in [0.25, 0.3) is 0 Å². The number of benzene rings is 1. The fourth-order valence-electron chi connectivity index (χ4n) is 1.15. The molecule has 1 amide bonds. The van der Waals surface area contributed by atoms with Crippen LogP contribution >= 0.6 is 0 Å². The summed E-state index contributed by atoms with van der Waals surface area (Å²) in [6.07, 6.45) is 1.17. The Morgan fingerprint density at radius 3 is 2.87 bits per heavy atom. The van der Waals surface area contributed by atoms with Gasteiger partial charge in [-0.25, -0.2) is 0 Å². The normalized spacial score (nSPS) is 9.67. The molecule has 0 saturated heterocycles. The minimum absolute atomic E-state index is 0.0238. The third-order valence-corrected chi connectivity index (χ3v) is 1.82. The first-order valence-corrected chi connectivity index (χ1v) is 4.67. The van der Waals surface area contributed by atoms with Crippen molar-refractivity contribution in [2.45, 2.75) is 19.8 Å². The molecule has 5 nitrogen and oxygen atoms in total. The molecule has 0 spiro atoms. The van der Waals surface area contributed by atoms with Crippen molar-refractivity contribution in [3.63, 3.8) is 0 Å². The number of anilines is 1. The second-order valence-electron chi connectivity index (χ2n) is 3.11. The third-order valence-electron chi connectivity index (χ3n) is 1.82. The smallest absolute Gasteiger partial charge is 0.271 e. The van der Waals surface area contributed by atoms with Crippen molar-refractivity contribution >= 4 is 17.3 Å². The van der Waals surface area contributed by atoms with E-state index in [9.17, 15) is 14.9 Å². The zero-order chi connectivity index (χ0) is 11.3. The van der Waals surface area contributed by atoms with Crippen LogP contribution in [0.4, 0.5) is 11.4 Å². The van der Waals surface area contributed by atoms with Crippen molar-refractivity contribution in [3.8, 4) is 0 Å². The van der Waals surface area contributed by atoms with E-state index in [1.165, 1.54) is 12.1 Å². The molecule has 0 fully saturated rings. The standard InChI is InChI=1S/C10H12N2O3/c1-2-4-10(13)11-8-5-3-6-9(7-8)12(14)15/h3,5-7H,2,4H2,1H3,(H,11,13). The van der Waals surface area contributed by atoms with Gasteiger partial charge in [-0.1, -0.05) is 13.0 Å². The SMILES string of the molecule is CCCC(=O)Nc1cccc([N+](=O)[O-])c1. The van der Waals surface area contributed by atoms with Crippen molar-refractivity contribution in [1.82, 2.24) is 0 Å². The van der Waals surface area contributed by atoms with Gasteiger partial charge in [0.2, 0.25) is 5.91 Å². The second kappa shape index (κ2) is 5.09. The predicted octanol–water partition coefficient (Wildman–Crippen LogP) is 2.33. The largest absolute Gasteiger partial charge is 0.326 e. The summed E-state index contributed by atoms with van der Waals surface area (Å²) in [5.74, 6) is -0.127. The summed E-state index contributed by atoms with van der Waals surface area (Å²) in [5, 5.41) is 13.1. The lowest BCUT2D eigenvalue weighted by Crippen LogP contribution is -2.10. The van der Waals surface area contributed by atoms with Gasteiger partial charge < -0.3 is 5.32 Å². The van der Waals surface area contributed by atoms with E-state index in [1.54, 1.807) is 12.1 Å². The molecule has 1 rings (SSSR count). The summed E-state index contributed by atoms with van der Waals surface area (Å²) in [4.78, 5) is 21.2. The molecule has 5 heteroatoms. The summed E-state index contributed by atoms with van der Waals surface area (Å²) in [6, 6.07) is 5.89. The molecule has 15 heavy (non-hydrogen) atoms. The maximum absolute atomic E-state index is 11.2. The lowest BCUT2D eigenvalue weighted by Gasteiger charge is -2.03. The van der Waals surface area contributed by atoms with E-state index in [-0.39, 0.29) is 11.6 Å². The Labute approximate surface area is 87.3 Å². The zero-order valence-corrected chi connectivity index (χ0v) is 8.40. The average Bonchev–Trinajstić information content (AvgIpc) is 2.18. The molecular formula is C10H12N2O3. The second-order valence-corrected chi connectivity index (χ2v) is 3.11. The van der Waals surface area contributed by atoms with Gasteiger partial charge in [-0.2, -0.15) is 0 Å². The number of hydrogen-bond acceptors (Lipinski definition) is 3. The van der Waals surface area contributed by atoms with Crippen LogP contribution in [-0.4, -0.2) is 10.8 Å². The Bertz CT molecular complexity index is 377. The summed E-state index contributed by atoms with van der Waals surface area (Å²) in [7, 11) is 0. The van der Waals surface area contributed by atoms with E-state index >= 15 is 0 Å². The molecular weight excluding hydrogens is 196 g/mol. The Morgan fingerprint density at radius 1 is 1.53 bits per heavy atom. The lowest BCUT2D eigenvalue weighted by molar-refractivity contribution is -0.384. The first-order chi connectivity index (χ1) is 7.13. The van der Waals surface area contributed by atoms with E-state index < -0.39 is 4.92 Å². The third kappa shape index (κ3) is 3.38. The molecule has 0 radical (unpaired) electrons. The molecule has 0 atom stereocenters. The molecule has 0 aliphatic rings. The number of nitro benzene ring substituents is 1. The number of non-ortho nitro benzene ring substituents is 1. The van der Waals surface area contributed by atoms with Crippen molar-refractivity contribution < 1.29 is 9.72 Å². The first-order valence-electron chi connectivity index (χ1n) is 4.67. The van der Waals surface area contributed by atoms with E-state index in [1.807, 2.05) is 6.92 Å². The molecule has 80 valence electrons. The molecule has 0 heterocycles. The fourth-order valence-corrected chi connectivity index (χ4v) is 1.15. The predicted molar refractivity (Wildman–Crippen MR) is 56.6 cm³/mol. The van der Waals surface area contributed by atoms with Crippen LogP contribution in [0.2, 0.25) is 0 Å². The first kappa shape index (κ1) is 11.2. The van der Waals surface area contributed by atoms with Gasteiger partial charge in [0.25, 0.3) is 5.69 Å². The number of carbonyl (C=O) groups is 1.